The van der Waals surface area contributed by atoms with E-state index in [0.29, 0.717) is 13.1 Å². The van der Waals surface area contributed by atoms with Gasteiger partial charge in [-0.15, -0.1) is 0 Å². The molecule has 1 aromatic rings. The van der Waals surface area contributed by atoms with E-state index in [1.54, 1.807) is 0 Å². The van der Waals surface area contributed by atoms with Crippen molar-refractivity contribution in [1.29, 1.82) is 0 Å². The van der Waals surface area contributed by atoms with Gasteiger partial charge in [0.25, 0.3) is 0 Å². The molecular weight excluding hydrogens is 280 g/mol. The number of nitrogens with one attached hydrogen (secondary N) is 3. The smallest absolute Gasteiger partial charge is 0.407 e. The Morgan fingerprint density at radius 3 is 2.41 bits per heavy atom. The van der Waals surface area contributed by atoms with Crippen molar-refractivity contribution in [3.8, 4) is 0 Å². The summed E-state index contributed by atoms with van der Waals surface area (Å²) < 4.78 is 5.30. The number of hydrogen-bond donors (Lipinski definition) is 3. The second-order valence-electron chi connectivity index (χ2n) is 6.73. The second-order valence-corrected chi connectivity index (χ2v) is 6.73. The van der Waals surface area contributed by atoms with Crippen LogP contribution in [0.25, 0.3) is 0 Å². The lowest BCUT2D eigenvalue weighted by Gasteiger charge is -2.33. The summed E-state index contributed by atoms with van der Waals surface area (Å²) in [6.45, 7) is 13.1. The molecule has 0 aliphatic rings. The van der Waals surface area contributed by atoms with Crippen LogP contribution in [0.15, 0.2) is 6.20 Å². The number of H-pyrrole nitrogens is 1. The molecule has 126 valence electrons. The molecule has 0 saturated heterocycles. The molecule has 0 atom stereocenters. The van der Waals surface area contributed by atoms with E-state index in [1.165, 1.54) is 0 Å². The van der Waals surface area contributed by atoms with Crippen LogP contribution in [0.2, 0.25) is 0 Å². The number of amides is 1. The zero-order chi connectivity index (χ0) is 16.8. The van der Waals surface area contributed by atoms with Crippen LogP contribution in [-0.2, 0) is 11.3 Å². The van der Waals surface area contributed by atoms with E-state index in [-0.39, 0.29) is 11.6 Å². The van der Waals surface area contributed by atoms with E-state index in [2.05, 4.69) is 34.7 Å². The van der Waals surface area contributed by atoms with E-state index in [0.717, 1.165) is 24.1 Å². The van der Waals surface area contributed by atoms with Crippen molar-refractivity contribution in [3.63, 3.8) is 0 Å². The Kier molecular flexibility index (Phi) is 6.41. The molecule has 6 nitrogen and oxygen atoms in total. The third-order valence-corrected chi connectivity index (χ3v) is 3.90. The zero-order valence-corrected chi connectivity index (χ0v) is 14.7. The zero-order valence-electron chi connectivity index (χ0n) is 14.7. The largest absolute Gasteiger partial charge is 0.444 e. The van der Waals surface area contributed by atoms with Crippen LogP contribution in [-0.4, -0.2) is 34.0 Å². The normalized spacial score (nSPS) is 12.3. The number of aromatic nitrogens is 2. The number of aryl methyl sites for hydroxylation is 1. The summed E-state index contributed by atoms with van der Waals surface area (Å²) >= 11 is 0. The van der Waals surface area contributed by atoms with Crippen molar-refractivity contribution in [2.45, 2.75) is 72.1 Å². The molecule has 1 rings (SSSR count). The van der Waals surface area contributed by atoms with Crippen LogP contribution in [0.5, 0.6) is 0 Å². The van der Waals surface area contributed by atoms with Crippen molar-refractivity contribution in [3.05, 3.63) is 17.5 Å². The fourth-order valence-corrected chi connectivity index (χ4v) is 2.20. The molecule has 0 aliphatic heterocycles. The molecule has 0 radical (unpaired) electrons. The highest BCUT2D eigenvalue weighted by atomic mass is 16.6. The van der Waals surface area contributed by atoms with Crippen LogP contribution in [0, 0.1) is 6.92 Å². The first-order chi connectivity index (χ1) is 10.2. The number of carbonyl (C=O) groups is 1. The topological polar surface area (TPSA) is 79.0 Å². The lowest BCUT2D eigenvalue weighted by Crippen LogP contribution is -2.53. The summed E-state index contributed by atoms with van der Waals surface area (Å²) in [6.07, 6.45) is 3.26. The Morgan fingerprint density at radius 1 is 1.32 bits per heavy atom. The molecule has 0 aliphatic carbocycles. The third-order valence-electron chi connectivity index (χ3n) is 3.90. The Labute approximate surface area is 133 Å². The summed E-state index contributed by atoms with van der Waals surface area (Å²) in [7, 11) is 0. The first-order valence-corrected chi connectivity index (χ1v) is 7.92. The Morgan fingerprint density at radius 2 is 1.95 bits per heavy atom. The molecule has 0 fully saturated rings. The molecule has 0 spiro atoms. The summed E-state index contributed by atoms with van der Waals surface area (Å²) in [5.74, 6) is 0. The average molecular weight is 310 g/mol. The van der Waals surface area contributed by atoms with Crippen LogP contribution >= 0.6 is 0 Å². The maximum absolute atomic E-state index is 11.8. The van der Waals surface area contributed by atoms with Crippen molar-refractivity contribution in [1.82, 2.24) is 20.8 Å². The van der Waals surface area contributed by atoms with E-state index in [9.17, 15) is 4.79 Å². The minimum Gasteiger partial charge on any atom is -0.444 e. The fraction of sp³-hybridized carbons (Fsp3) is 0.750. The van der Waals surface area contributed by atoms with Gasteiger partial charge in [0.2, 0.25) is 0 Å². The van der Waals surface area contributed by atoms with Gasteiger partial charge < -0.3 is 15.4 Å². The van der Waals surface area contributed by atoms with Crippen LogP contribution < -0.4 is 10.6 Å². The Balaban J connectivity index is 2.59. The molecule has 0 saturated carbocycles. The predicted molar refractivity (Wildman–Crippen MR) is 87.7 cm³/mol. The van der Waals surface area contributed by atoms with Crippen molar-refractivity contribution < 1.29 is 9.53 Å². The number of hydrogen-bond acceptors (Lipinski definition) is 4. The lowest BCUT2D eigenvalue weighted by atomic mass is 9.92. The molecule has 0 aromatic carbocycles. The summed E-state index contributed by atoms with van der Waals surface area (Å²) in [6, 6.07) is 0. The lowest BCUT2D eigenvalue weighted by molar-refractivity contribution is 0.0507. The highest BCUT2D eigenvalue weighted by Crippen LogP contribution is 2.16. The average Bonchev–Trinajstić information content (AvgIpc) is 2.83. The Bertz CT molecular complexity index is 473. The first-order valence-electron chi connectivity index (χ1n) is 7.92. The quantitative estimate of drug-likeness (QED) is 0.723. The fourth-order valence-electron chi connectivity index (χ4n) is 2.20. The van der Waals surface area contributed by atoms with Crippen LogP contribution in [0.3, 0.4) is 0 Å². The van der Waals surface area contributed by atoms with E-state index >= 15 is 0 Å². The summed E-state index contributed by atoms with van der Waals surface area (Å²) in [5.41, 5.74) is 1.57. The van der Waals surface area contributed by atoms with Gasteiger partial charge in [-0.1, -0.05) is 13.8 Å². The molecule has 1 heterocycles. The molecule has 0 unspecified atom stereocenters. The number of aromatic amines is 1. The molecule has 22 heavy (non-hydrogen) atoms. The molecular formula is C16H30N4O2. The molecule has 3 N–H and O–H groups in total. The van der Waals surface area contributed by atoms with Crippen LogP contribution in [0.4, 0.5) is 4.79 Å². The maximum atomic E-state index is 11.8. The standard InChI is InChI=1S/C16H30N4O2/c1-7-16(8-2,11-17-14(21)22-15(4,5)6)18-10-13-12(3)9-19-20-13/h9,18H,7-8,10-11H2,1-6H3,(H,17,21)(H,19,20). The summed E-state index contributed by atoms with van der Waals surface area (Å²) in [4.78, 5) is 11.8. The van der Waals surface area contributed by atoms with E-state index in [1.807, 2.05) is 33.9 Å². The molecule has 1 amide bonds. The van der Waals surface area contributed by atoms with Gasteiger partial charge in [0.1, 0.15) is 5.60 Å². The van der Waals surface area contributed by atoms with Crippen molar-refractivity contribution in [2.24, 2.45) is 0 Å². The highest BCUT2D eigenvalue weighted by molar-refractivity contribution is 5.67. The maximum Gasteiger partial charge on any atom is 0.407 e. The molecule has 0 bridgehead atoms. The van der Waals surface area contributed by atoms with Crippen molar-refractivity contribution in [2.75, 3.05) is 6.54 Å². The SMILES string of the molecule is CCC(CC)(CNC(=O)OC(C)(C)C)NCc1[nH]ncc1C. The third kappa shape index (κ3) is 5.67. The minimum atomic E-state index is -0.481. The van der Waals surface area contributed by atoms with Gasteiger partial charge in [0.05, 0.1) is 11.9 Å². The number of rotatable bonds is 7. The van der Waals surface area contributed by atoms with Crippen molar-refractivity contribution >= 4 is 6.09 Å². The van der Waals surface area contributed by atoms with Gasteiger partial charge in [-0.25, -0.2) is 4.79 Å². The number of alkyl carbamates (subject to hydrolysis) is 1. The highest BCUT2D eigenvalue weighted by Gasteiger charge is 2.27. The van der Waals surface area contributed by atoms with Gasteiger partial charge in [0.15, 0.2) is 0 Å². The number of nitrogens with zero attached hydrogens (tertiary/aromatic N) is 1. The first kappa shape index (κ1) is 18.5. The predicted octanol–water partition coefficient (Wildman–Crippen LogP) is 2.89. The van der Waals surface area contributed by atoms with Gasteiger partial charge in [0, 0.05) is 18.6 Å². The Hall–Kier alpha value is -1.56. The van der Waals surface area contributed by atoms with Gasteiger partial charge in [-0.3, -0.25) is 5.10 Å². The molecule has 6 heteroatoms. The van der Waals surface area contributed by atoms with E-state index in [4.69, 9.17) is 4.74 Å². The van der Waals surface area contributed by atoms with Gasteiger partial charge >= 0.3 is 6.09 Å². The van der Waals surface area contributed by atoms with E-state index < -0.39 is 5.60 Å². The van der Waals surface area contributed by atoms with Gasteiger partial charge in [-0.05, 0) is 46.1 Å². The minimum absolute atomic E-state index is 0.158. The second kappa shape index (κ2) is 7.63. The number of carbonyl (C=O) groups excluding carboxylic acids is 1. The summed E-state index contributed by atoms with van der Waals surface area (Å²) in [5, 5.41) is 13.5. The molecule has 1 aromatic heterocycles. The number of ether oxygens (including phenoxy) is 1. The van der Waals surface area contributed by atoms with Crippen LogP contribution in [0.1, 0.15) is 58.7 Å². The monoisotopic (exact) mass is 310 g/mol. The van der Waals surface area contributed by atoms with Gasteiger partial charge in [-0.2, -0.15) is 5.10 Å².